The van der Waals surface area contributed by atoms with Crippen LogP contribution >= 0.6 is 0 Å². The topological polar surface area (TPSA) is 3.24 Å². The van der Waals surface area contributed by atoms with E-state index in [1.165, 1.54) is 32.2 Å². The molecule has 66 valence electrons. The van der Waals surface area contributed by atoms with Crippen LogP contribution in [0.15, 0.2) is 0 Å². The van der Waals surface area contributed by atoms with Crippen molar-refractivity contribution in [1.29, 1.82) is 0 Å². The van der Waals surface area contributed by atoms with E-state index in [0.717, 1.165) is 0 Å². The first-order chi connectivity index (χ1) is 5.27. The maximum absolute atomic E-state index is 4.00. The number of hydrogen-bond donors (Lipinski definition) is 0. The number of hydrogen-bond acceptors (Lipinski definition) is 1. The van der Waals surface area contributed by atoms with Crippen molar-refractivity contribution < 1.29 is 0 Å². The third-order valence-corrected chi connectivity index (χ3v) is 1.46. The second-order valence-electron chi connectivity index (χ2n) is 2.86. The van der Waals surface area contributed by atoms with Crippen molar-refractivity contribution >= 4 is 0 Å². The number of nitrogens with zero attached hydrogens (tertiary/aromatic N) is 1. The lowest BCUT2D eigenvalue weighted by atomic mass is 10.2. The minimum Gasteiger partial charge on any atom is -0.309 e. The van der Waals surface area contributed by atoms with E-state index in [1.807, 2.05) is 0 Å². The van der Waals surface area contributed by atoms with Gasteiger partial charge in [-0.25, -0.2) is 0 Å². The van der Waals surface area contributed by atoms with Gasteiger partial charge < -0.3 is 4.90 Å². The fraction of sp³-hybridized carbons (Fsp3) is 0.800. The van der Waals surface area contributed by atoms with Gasteiger partial charge in [-0.15, -0.1) is 12.8 Å². The summed E-state index contributed by atoms with van der Waals surface area (Å²) in [4.78, 5) is 2.25. The molecule has 0 aromatic heterocycles. The van der Waals surface area contributed by atoms with Crippen molar-refractivity contribution in [3.05, 3.63) is 0 Å². The average molecular weight is 155 g/mol. The summed E-state index contributed by atoms with van der Waals surface area (Å²) in [5.41, 5.74) is 0. The van der Waals surface area contributed by atoms with Crippen LogP contribution in [0, 0.1) is 12.8 Å². The Hall–Kier alpha value is -0.480. The van der Waals surface area contributed by atoms with Gasteiger partial charge in [0.25, 0.3) is 0 Å². The molecule has 0 saturated carbocycles. The minimum atomic E-state index is 1.25. The molecule has 1 heteroatoms. The molecule has 0 amide bonds. The number of rotatable bonds is 5. The number of terminal acetylenes is 1. The molecule has 0 bridgehead atoms. The molecule has 0 aromatic carbocycles. The molecule has 0 aliphatic rings. The third kappa shape index (κ3) is 17.7. The van der Waals surface area contributed by atoms with Crippen LogP contribution in [0.5, 0.6) is 0 Å². The summed E-state index contributed by atoms with van der Waals surface area (Å²) in [5, 5.41) is 0. The summed E-state index contributed by atoms with van der Waals surface area (Å²) >= 11 is 0. The van der Waals surface area contributed by atoms with Gasteiger partial charge in [-0.1, -0.05) is 26.2 Å². The zero-order valence-electron chi connectivity index (χ0n) is 8.14. The standard InChI is InChI=1S/C8H19N.C2H2/c1-4-5-6-7-8-9(2)3;1-2/h4-8H2,1-3H3;1-2H. The highest BCUT2D eigenvalue weighted by atomic mass is 15.0. The fourth-order valence-corrected chi connectivity index (χ4v) is 0.855. The fourth-order valence-electron chi connectivity index (χ4n) is 0.855. The van der Waals surface area contributed by atoms with E-state index in [9.17, 15) is 0 Å². The predicted molar refractivity (Wildman–Crippen MR) is 52.6 cm³/mol. The van der Waals surface area contributed by atoms with Gasteiger partial charge in [0.1, 0.15) is 0 Å². The van der Waals surface area contributed by atoms with Gasteiger partial charge in [0, 0.05) is 0 Å². The lowest BCUT2D eigenvalue weighted by Gasteiger charge is -2.07. The van der Waals surface area contributed by atoms with Crippen LogP contribution in [0.4, 0.5) is 0 Å². The van der Waals surface area contributed by atoms with E-state index in [-0.39, 0.29) is 0 Å². The second-order valence-corrected chi connectivity index (χ2v) is 2.86. The molecule has 11 heavy (non-hydrogen) atoms. The number of unbranched alkanes of at least 4 members (excludes halogenated alkanes) is 3. The Bertz CT molecular complexity index is 74.2. The summed E-state index contributed by atoms with van der Waals surface area (Å²) in [7, 11) is 4.26. The molecule has 0 radical (unpaired) electrons. The highest BCUT2D eigenvalue weighted by Gasteiger charge is 1.88. The lowest BCUT2D eigenvalue weighted by molar-refractivity contribution is 0.391. The molecular formula is C10H21N. The predicted octanol–water partition coefficient (Wildman–Crippen LogP) is 2.38. The summed E-state index contributed by atoms with van der Waals surface area (Å²) in [6.07, 6.45) is 13.5. The Morgan fingerprint density at radius 2 is 1.55 bits per heavy atom. The molecule has 0 spiro atoms. The molecule has 0 N–H and O–H groups in total. The molecule has 0 rings (SSSR count). The summed E-state index contributed by atoms with van der Waals surface area (Å²) < 4.78 is 0. The van der Waals surface area contributed by atoms with E-state index in [1.54, 1.807) is 0 Å². The Kier molecular flexibility index (Phi) is 14.6. The Labute approximate surface area is 71.8 Å². The van der Waals surface area contributed by atoms with E-state index in [4.69, 9.17) is 0 Å². The van der Waals surface area contributed by atoms with Gasteiger partial charge in [-0.05, 0) is 27.1 Å². The monoisotopic (exact) mass is 155 g/mol. The average Bonchev–Trinajstić information content (AvgIpc) is 2.02. The van der Waals surface area contributed by atoms with Crippen molar-refractivity contribution in [1.82, 2.24) is 4.90 Å². The van der Waals surface area contributed by atoms with Crippen LogP contribution in [0.2, 0.25) is 0 Å². The molecule has 0 aliphatic heterocycles. The molecule has 0 unspecified atom stereocenters. The zero-order chi connectivity index (χ0) is 9.11. The van der Waals surface area contributed by atoms with E-state index in [2.05, 4.69) is 38.8 Å². The van der Waals surface area contributed by atoms with Crippen LogP contribution in [0.3, 0.4) is 0 Å². The second kappa shape index (κ2) is 12.2. The van der Waals surface area contributed by atoms with Gasteiger partial charge in [0.05, 0.1) is 0 Å². The van der Waals surface area contributed by atoms with Gasteiger partial charge in [-0.2, -0.15) is 0 Å². The SMILES string of the molecule is C#C.CCCCCCN(C)C. The third-order valence-electron chi connectivity index (χ3n) is 1.46. The highest BCUT2D eigenvalue weighted by Crippen LogP contribution is 1.98. The van der Waals surface area contributed by atoms with Crippen LogP contribution < -0.4 is 0 Å². The van der Waals surface area contributed by atoms with Crippen LogP contribution in [0.1, 0.15) is 32.6 Å². The maximum atomic E-state index is 4.00. The Balaban J connectivity index is 0. The first-order valence-electron chi connectivity index (χ1n) is 4.25. The summed E-state index contributed by atoms with van der Waals surface area (Å²) in [6, 6.07) is 0. The van der Waals surface area contributed by atoms with Gasteiger partial charge in [0.15, 0.2) is 0 Å². The van der Waals surface area contributed by atoms with E-state index < -0.39 is 0 Å². The summed E-state index contributed by atoms with van der Waals surface area (Å²) in [6.45, 7) is 3.50. The van der Waals surface area contributed by atoms with E-state index >= 15 is 0 Å². The molecule has 0 heterocycles. The van der Waals surface area contributed by atoms with Crippen molar-refractivity contribution in [2.24, 2.45) is 0 Å². The highest BCUT2D eigenvalue weighted by molar-refractivity contribution is 4.47. The molecule has 0 fully saturated rings. The normalized spacial score (nSPS) is 8.91. The van der Waals surface area contributed by atoms with Gasteiger partial charge >= 0.3 is 0 Å². The molecular weight excluding hydrogens is 134 g/mol. The molecule has 0 saturated heterocycles. The molecule has 0 aliphatic carbocycles. The minimum absolute atomic E-state index is 1.25. The molecule has 0 aromatic rings. The van der Waals surface area contributed by atoms with E-state index in [0.29, 0.717) is 0 Å². The first-order valence-corrected chi connectivity index (χ1v) is 4.25. The molecule has 1 nitrogen and oxygen atoms in total. The largest absolute Gasteiger partial charge is 0.309 e. The quantitative estimate of drug-likeness (QED) is 0.435. The van der Waals surface area contributed by atoms with Gasteiger partial charge in [-0.3, -0.25) is 0 Å². The van der Waals surface area contributed by atoms with Crippen LogP contribution in [0.25, 0.3) is 0 Å². The van der Waals surface area contributed by atoms with Crippen molar-refractivity contribution in [3.8, 4) is 12.8 Å². The van der Waals surface area contributed by atoms with Crippen molar-refractivity contribution in [3.63, 3.8) is 0 Å². The maximum Gasteiger partial charge on any atom is -0.00248 e. The smallest absolute Gasteiger partial charge is 0.00248 e. The Morgan fingerprint density at radius 3 is 1.91 bits per heavy atom. The van der Waals surface area contributed by atoms with Crippen molar-refractivity contribution in [2.45, 2.75) is 32.6 Å². The van der Waals surface area contributed by atoms with Gasteiger partial charge in [0.2, 0.25) is 0 Å². The zero-order valence-corrected chi connectivity index (χ0v) is 8.14. The summed E-state index contributed by atoms with van der Waals surface area (Å²) in [5.74, 6) is 0. The molecule has 0 atom stereocenters. The van der Waals surface area contributed by atoms with Crippen molar-refractivity contribution in [2.75, 3.05) is 20.6 Å². The van der Waals surface area contributed by atoms with Crippen LogP contribution in [-0.2, 0) is 0 Å². The first kappa shape index (κ1) is 13.1. The van der Waals surface area contributed by atoms with Crippen LogP contribution in [-0.4, -0.2) is 25.5 Å². The lowest BCUT2D eigenvalue weighted by Crippen LogP contribution is -2.12. The Morgan fingerprint density at radius 1 is 1.00 bits per heavy atom.